The number of hydrogen-bond donors (Lipinski definition) is 2. The van der Waals surface area contributed by atoms with Crippen LogP contribution in [-0.2, 0) is 4.89 Å². The first-order chi connectivity index (χ1) is 17.5. The highest BCUT2D eigenvalue weighted by molar-refractivity contribution is 6.15. The number of nitrogens with one attached hydrogen (secondary N) is 1. The molecule has 36 heavy (non-hydrogen) atoms. The molecule has 1 aliphatic heterocycles. The number of rotatable bonds is 5. The van der Waals surface area contributed by atoms with Crippen LogP contribution in [0.4, 0.5) is 5.69 Å². The van der Waals surface area contributed by atoms with Crippen molar-refractivity contribution in [1.29, 1.82) is 0 Å². The van der Waals surface area contributed by atoms with Crippen LogP contribution in [0.25, 0.3) is 44.2 Å². The Morgan fingerprint density at radius 3 is 2.50 bits per heavy atom. The maximum Gasteiger partial charge on any atom is 0.373 e. The predicted octanol–water partition coefficient (Wildman–Crippen LogP) is 6.96. The molecule has 1 aliphatic carbocycles. The van der Waals surface area contributed by atoms with Gasteiger partial charge in [0.25, 0.3) is 0 Å². The fourth-order valence-electron chi connectivity index (χ4n) is 4.97. The van der Waals surface area contributed by atoms with Gasteiger partial charge in [-0.1, -0.05) is 30.3 Å². The number of hydrogen-bond acceptors (Lipinski definition) is 6. The van der Waals surface area contributed by atoms with Crippen molar-refractivity contribution < 1.29 is 19.4 Å². The lowest BCUT2D eigenvalue weighted by Crippen LogP contribution is -2.09. The van der Waals surface area contributed by atoms with Crippen LogP contribution in [0.2, 0.25) is 0 Å². The van der Waals surface area contributed by atoms with Crippen molar-refractivity contribution in [2.45, 2.75) is 27.7 Å². The van der Waals surface area contributed by atoms with Crippen molar-refractivity contribution in [2.75, 3.05) is 18.4 Å². The van der Waals surface area contributed by atoms with Crippen LogP contribution in [0, 0.1) is 13.8 Å². The summed E-state index contributed by atoms with van der Waals surface area (Å²) >= 11 is 0. The van der Waals surface area contributed by atoms with Crippen molar-refractivity contribution >= 4 is 33.4 Å². The molecular weight excluding hydrogens is 452 g/mol. The molecular formula is C30H28N2O4. The van der Waals surface area contributed by atoms with E-state index in [0.29, 0.717) is 23.3 Å². The minimum absolute atomic E-state index is 0.294. The quantitative estimate of drug-likeness (QED) is 0.161. The largest absolute Gasteiger partial charge is 0.456 e. The summed E-state index contributed by atoms with van der Waals surface area (Å²) in [4.78, 5) is 21.4. The summed E-state index contributed by atoms with van der Waals surface area (Å²) in [6.07, 6.45) is 0. The second kappa shape index (κ2) is 9.47. The van der Waals surface area contributed by atoms with E-state index in [9.17, 15) is 10.1 Å². The fraction of sp³-hybridized carbons (Fsp3) is 0.200. The third-order valence-corrected chi connectivity index (χ3v) is 6.56. The summed E-state index contributed by atoms with van der Waals surface area (Å²) in [5.74, 6) is -0.0890. The monoisotopic (exact) mass is 480 g/mol. The molecule has 0 bridgehead atoms. The molecule has 0 spiro atoms. The molecule has 1 heterocycles. The van der Waals surface area contributed by atoms with Crippen molar-refractivity contribution in [1.82, 2.24) is 0 Å². The molecule has 0 saturated heterocycles. The van der Waals surface area contributed by atoms with Gasteiger partial charge in [0, 0.05) is 52.8 Å². The Bertz CT molecular complexity index is 1660. The van der Waals surface area contributed by atoms with E-state index < -0.39 is 5.97 Å². The Balaban J connectivity index is 1.99. The highest BCUT2D eigenvalue weighted by Crippen LogP contribution is 2.44. The smallest absolute Gasteiger partial charge is 0.373 e. The van der Waals surface area contributed by atoms with E-state index >= 15 is 0 Å². The predicted molar refractivity (Wildman–Crippen MR) is 144 cm³/mol. The van der Waals surface area contributed by atoms with E-state index in [2.05, 4.69) is 41.2 Å². The van der Waals surface area contributed by atoms with Crippen molar-refractivity contribution in [3.8, 4) is 22.5 Å². The Labute approximate surface area is 209 Å². The lowest BCUT2D eigenvalue weighted by molar-refractivity contribution is -0.182. The molecule has 0 saturated carbocycles. The third-order valence-electron chi connectivity index (χ3n) is 6.56. The second-order valence-corrected chi connectivity index (χ2v) is 8.87. The lowest BCUT2D eigenvalue weighted by atomic mass is 9.87. The fourth-order valence-corrected chi connectivity index (χ4v) is 4.97. The second-order valence-electron chi connectivity index (χ2n) is 8.87. The van der Waals surface area contributed by atoms with Gasteiger partial charge < -0.3 is 9.73 Å². The highest BCUT2D eigenvalue weighted by Gasteiger charge is 2.23. The lowest BCUT2D eigenvalue weighted by Gasteiger charge is -2.20. The molecule has 182 valence electrons. The van der Waals surface area contributed by atoms with Gasteiger partial charge in [0.2, 0.25) is 0 Å². The number of anilines is 1. The van der Waals surface area contributed by atoms with Gasteiger partial charge in [-0.05, 0) is 68.0 Å². The van der Waals surface area contributed by atoms with Crippen LogP contribution >= 0.6 is 0 Å². The van der Waals surface area contributed by atoms with Crippen LogP contribution in [0.5, 0.6) is 0 Å². The molecule has 0 radical (unpaired) electrons. The first-order valence-electron chi connectivity index (χ1n) is 12.1. The third kappa shape index (κ3) is 3.89. The first kappa shape index (κ1) is 23.6. The number of nitrogens with zero attached hydrogens (tertiary/aromatic N) is 1. The van der Waals surface area contributed by atoms with E-state index in [1.165, 1.54) is 0 Å². The van der Waals surface area contributed by atoms with Gasteiger partial charge in [0.1, 0.15) is 11.3 Å². The molecule has 3 aromatic carbocycles. The van der Waals surface area contributed by atoms with Crippen molar-refractivity contribution in [2.24, 2.45) is 4.99 Å². The van der Waals surface area contributed by atoms with Gasteiger partial charge in [0.05, 0.1) is 10.9 Å². The molecule has 5 rings (SSSR count). The Morgan fingerprint density at radius 2 is 1.78 bits per heavy atom. The molecule has 0 unspecified atom stereocenters. The van der Waals surface area contributed by atoms with Crippen LogP contribution in [0.3, 0.4) is 0 Å². The normalized spacial score (nSPS) is 12.0. The first-order valence-corrected chi connectivity index (χ1v) is 12.1. The van der Waals surface area contributed by atoms with E-state index in [1.54, 1.807) is 12.1 Å². The Kier molecular flexibility index (Phi) is 6.20. The average molecular weight is 481 g/mol. The zero-order chi connectivity index (χ0) is 25.4. The maximum atomic E-state index is 12.6. The summed E-state index contributed by atoms with van der Waals surface area (Å²) in [7, 11) is 0. The molecule has 0 atom stereocenters. The number of benzene rings is 4. The summed E-state index contributed by atoms with van der Waals surface area (Å²) in [5.41, 5.74) is 6.88. The molecule has 0 fully saturated rings. The number of fused-ring (bicyclic) bond motifs is 3. The summed E-state index contributed by atoms with van der Waals surface area (Å²) in [5, 5.41) is 16.0. The van der Waals surface area contributed by atoms with Crippen LogP contribution < -0.4 is 10.7 Å². The number of carbonyl (C=O) groups excluding carboxylic acids is 1. The van der Waals surface area contributed by atoms with Gasteiger partial charge in [-0.3, -0.25) is 9.88 Å². The van der Waals surface area contributed by atoms with Gasteiger partial charge in [0.15, 0.2) is 0 Å². The minimum atomic E-state index is -0.798. The summed E-state index contributed by atoms with van der Waals surface area (Å²) in [6, 6.07) is 19.5. The molecule has 0 aromatic heterocycles. The van der Waals surface area contributed by atoms with Crippen LogP contribution in [-0.4, -0.2) is 24.3 Å². The summed E-state index contributed by atoms with van der Waals surface area (Å²) in [6.45, 7) is 9.65. The van der Waals surface area contributed by atoms with Gasteiger partial charge >= 0.3 is 5.97 Å². The zero-order valence-electron chi connectivity index (χ0n) is 20.8. The molecule has 0 amide bonds. The van der Waals surface area contributed by atoms with E-state index in [4.69, 9.17) is 4.42 Å². The van der Waals surface area contributed by atoms with Crippen LogP contribution in [0.15, 0.2) is 70.1 Å². The number of aryl methyl sites for hydroxylation is 2. The molecule has 3 aromatic rings. The van der Waals surface area contributed by atoms with E-state index in [-0.39, 0.29) is 0 Å². The standard InChI is InChI=1S/C30H28N2O4/c1-5-31-24-15-26-22(13-17(24)3)29(23-14-18(4)25(32-6-2)16-27(23)35-26)20-11-7-9-19-10-8-12-21(28(19)20)30(33)36-34/h7-16,31,34H,5-6H2,1-4H3. The molecule has 6 nitrogen and oxygen atoms in total. The highest BCUT2D eigenvalue weighted by atomic mass is 17.1. The molecule has 6 heteroatoms. The average Bonchev–Trinajstić information content (AvgIpc) is 2.88. The SMILES string of the molecule is CCN=c1cc2oc3cc(NCC)c(C)cc3c(-c3cccc4cccc(C(=O)OO)c34)c-2cc1C. The van der Waals surface area contributed by atoms with Crippen molar-refractivity contribution in [3.05, 3.63) is 82.7 Å². The van der Waals surface area contributed by atoms with Gasteiger partial charge in [-0.2, -0.15) is 5.26 Å². The summed E-state index contributed by atoms with van der Waals surface area (Å²) < 4.78 is 6.47. The Hall–Kier alpha value is -4.16. The minimum Gasteiger partial charge on any atom is -0.456 e. The van der Waals surface area contributed by atoms with Gasteiger partial charge in [-0.15, -0.1) is 0 Å². The topological polar surface area (TPSA) is 84.1 Å². The van der Waals surface area contributed by atoms with Crippen molar-refractivity contribution in [3.63, 3.8) is 0 Å². The van der Waals surface area contributed by atoms with E-state index in [0.717, 1.165) is 61.8 Å². The molecule has 2 aliphatic rings. The molecule has 2 N–H and O–H groups in total. The maximum absolute atomic E-state index is 12.6. The zero-order valence-corrected chi connectivity index (χ0v) is 20.8. The van der Waals surface area contributed by atoms with Crippen LogP contribution in [0.1, 0.15) is 35.3 Å². The Morgan fingerprint density at radius 1 is 1.00 bits per heavy atom. The number of carbonyl (C=O) groups is 1. The van der Waals surface area contributed by atoms with E-state index in [1.807, 2.05) is 50.2 Å². The van der Waals surface area contributed by atoms with Gasteiger partial charge in [-0.25, -0.2) is 4.79 Å².